The summed E-state index contributed by atoms with van der Waals surface area (Å²) in [6.45, 7) is 0. The molecule has 3 nitrogen and oxygen atoms in total. The Labute approximate surface area is 137 Å². The van der Waals surface area contributed by atoms with E-state index in [4.69, 9.17) is 4.74 Å². The number of carbonyl (C=O) groups excluding carboxylic acids is 1. The molecule has 0 aliphatic heterocycles. The fourth-order valence-electron chi connectivity index (χ4n) is 2.32. The Morgan fingerprint density at radius 2 is 1.64 bits per heavy atom. The minimum Gasteiger partial charge on any atom is -0.496 e. The molecule has 0 unspecified atom stereocenters. The van der Waals surface area contributed by atoms with E-state index >= 15 is 0 Å². The van der Waals surface area contributed by atoms with Crippen LogP contribution in [0.25, 0.3) is 10.8 Å². The van der Waals surface area contributed by atoms with Crippen LogP contribution in [0, 0.1) is 0 Å². The largest absolute Gasteiger partial charge is 0.496 e. The lowest BCUT2D eigenvalue weighted by Gasteiger charge is -2.12. The molecule has 0 saturated heterocycles. The van der Waals surface area contributed by atoms with Gasteiger partial charge in [-0.05, 0) is 51.0 Å². The molecule has 0 saturated carbocycles. The molecule has 0 aliphatic rings. The predicted octanol–water partition coefficient (Wildman–Crippen LogP) is 4.86. The van der Waals surface area contributed by atoms with E-state index < -0.39 is 0 Å². The van der Waals surface area contributed by atoms with Gasteiger partial charge < -0.3 is 10.1 Å². The zero-order valence-electron chi connectivity index (χ0n) is 12.0. The van der Waals surface area contributed by atoms with Crippen molar-refractivity contribution in [2.45, 2.75) is 0 Å². The summed E-state index contributed by atoms with van der Waals surface area (Å²) in [7, 11) is 1.57. The number of benzene rings is 3. The van der Waals surface area contributed by atoms with Crippen molar-refractivity contribution in [1.82, 2.24) is 0 Å². The molecule has 110 valence electrons. The molecule has 0 atom stereocenters. The maximum atomic E-state index is 12.6. The molecule has 0 aromatic heterocycles. The zero-order valence-corrected chi connectivity index (χ0v) is 13.6. The summed E-state index contributed by atoms with van der Waals surface area (Å²) in [5.74, 6) is 0.359. The minimum absolute atomic E-state index is 0.200. The number of halogens is 1. The highest BCUT2D eigenvalue weighted by Crippen LogP contribution is 2.28. The van der Waals surface area contributed by atoms with Crippen LogP contribution in [0.3, 0.4) is 0 Å². The summed E-state index contributed by atoms with van der Waals surface area (Å²) in [5, 5.41) is 4.94. The van der Waals surface area contributed by atoms with Crippen LogP contribution in [-0.4, -0.2) is 13.0 Å². The van der Waals surface area contributed by atoms with Gasteiger partial charge in [-0.25, -0.2) is 0 Å². The molecule has 4 heteroatoms. The Morgan fingerprint density at radius 3 is 2.32 bits per heavy atom. The molecule has 0 bridgehead atoms. The van der Waals surface area contributed by atoms with Gasteiger partial charge in [0.05, 0.1) is 18.4 Å². The van der Waals surface area contributed by atoms with Gasteiger partial charge in [-0.15, -0.1) is 0 Å². The lowest BCUT2D eigenvalue weighted by atomic mass is 10.1. The van der Waals surface area contributed by atoms with Crippen LogP contribution < -0.4 is 10.1 Å². The summed E-state index contributed by atoms with van der Waals surface area (Å²) < 4.78 is 6.21. The van der Waals surface area contributed by atoms with Crippen LogP contribution >= 0.6 is 15.9 Å². The topological polar surface area (TPSA) is 38.3 Å². The van der Waals surface area contributed by atoms with E-state index in [1.807, 2.05) is 60.7 Å². The van der Waals surface area contributed by atoms with E-state index in [2.05, 4.69) is 21.2 Å². The number of amides is 1. The number of rotatable bonds is 3. The van der Waals surface area contributed by atoms with Gasteiger partial charge in [-0.2, -0.15) is 0 Å². The summed E-state index contributed by atoms with van der Waals surface area (Å²) in [4.78, 5) is 12.6. The number of methoxy groups -OCH3 is 1. The van der Waals surface area contributed by atoms with E-state index in [0.717, 1.165) is 20.9 Å². The van der Waals surface area contributed by atoms with Crippen molar-refractivity contribution in [2.24, 2.45) is 0 Å². The fraction of sp³-hybridized carbons (Fsp3) is 0.0556. The van der Waals surface area contributed by atoms with Gasteiger partial charge in [0, 0.05) is 4.47 Å². The van der Waals surface area contributed by atoms with Crippen LogP contribution in [0.5, 0.6) is 5.75 Å². The van der Waals surface area contributed by atoms with Gasteiger partial charge in [0.25, 0.3) is 5.91 Å². The second kappa shape index (κ2) is 6.20. The maximum Gasteiger partial charge on any atom is 0.259 e. The first kappa shape index (κ1) is 14.6. The summed E-state index contributed by atoms with van der Waals surface area (Å²) in [5.41, 5.74) is 1.24. The summed E-state index contributed by atoms with van der Waals surface area (Å²) in [6, 6.07) is 19.1. The Morgan fingerprint density at radius 1 is 1.00 bits per heavy atom. The molecule has 22 heavy (non-hydrogen) atoms. The Bertz CT molecular complexity index is 845. The highest BCUT2D eigenvalue weighted by atomic mass is 79.9. The molecule has 0 radical (unpaired) electrons. The van der Waals surface area contributed by atoms with E-state index in [1.54, 1.807) is 7.11 Å². The minimum atomic E-state index is -0.200. The number of nitrogens with one attached hydrogen (secondary N) is 1. The van der Waals surface area contributed by atoms with Gasteiger partial charge in [0.2, 0.25) is 0 Å². The quantitative estimate of drug-likeness (QED) is 0.728. The van der Waals surface area contributed by atoms with Gasteiger partial charge in [0.1, 0.15) is 5.75 Å². The van der Waals surface area contributed by atoms with Crippen molar-refractivity contribution in [3.8, 4) is 5.75 Å². The molecule has 0 aliphatic carbocycles. The van der Waals surface area contributed by atoms with E-state index in [1.165, 1.54) is 0 Å². The van der Waals surface area contributed by atoms with Crippen molar-refractivity contribution in [3.63, 3.8) is 0 Å². The SMILES string of the molecule is COc1cc2ccccc2cc1C(=O)Nc1ccccc1Br. The first-order chi connectivity index (χ1) is 10.7. The average Bonchev–Trinajstić information content (AvgIpc) is 2.55. The summed E-state index contributed by atoms with van der Waals surface area (Å²) >= 11 is 3.43. The first-order valence-corrected chi connectivity index (χ1v) is 7.61. The van der Waals surface area contributed by atoms with Crippen molar-refractivity contribution < 1.29 is 9.53 Å². The maximum absolute atomic E-state index is 12.6. The number of anilines is 1. The van der Waals surface area contributed by atoms with Crippen molar-refractivity contribution >= 4 is 38.3 Å². The van der Waals surface area contributed by atoms with Crippen LogP contribution in [0.15, 0.2) is 65.1 Å². The molecule has 0 spiro atoms. The normalized spacial score (nSPS) is 10.5. The third-order valence-electron chi connectivity index (χ3n) is 3.43. The van der Waals surface area contributed by atoms with Gasteiger partial charge >= 0.3 is 0 Å². The number of carbonyl (C=O) groups is 1. The Kier molecular flexibility index (Phi) is 4.11. The summed E-state index contributed by atoms with van der Waals surface area (Å²) in [6.07, 6.45) is 0. The number of para-hydroxylation sites is 1. The molecule has 3 rings (SSSR count). The van der Waals surface area contributed by atoms with Crippen molar-refractivity contribution in [2.75, 3.05) is 12.4 Å². The van der Waals surface area contributed by atoms with Crippen LogP contribution in [0.4, 0.5) is 5.69 Å². The van der Waals surface area contributed by atoms with E-state index in [0.29, 0.717) is 11.3 Å². The Balaban J connectivity index is 2.01. The third-order valence-corrected chi connectivity index (χ3v) is 4.13. The van der Waals surface area contributed by atoms with Crippen LogP contribution in [0.2, 0.25) is 0 Å². The highest BCUT2D eigenvalue weighted by molar-refractivity contribution is 9.10. The number of ether oxygens (including phenoxy) is 1. The molecule has 1 N–H and O–H groups in total. The van der Waals surface area contributed by atoms with E-state index in [-0.39, 0.29) is 5.91 Å². The molecule has 3 aromatic carbocycles. The third kappa shape index (κ3) is 2.83. The number of hydrogen-bond acceptors (Lipinski definition) is 2. The van der Waals surface area contributed by atoms with Crippen LogP contribution in [0.1, 0.15) is 10.4 Å². The van der Waals surface area contributed by atoms with E-state index in [9.17, 15) is 4.79 Å². The smallest absolute Gasteiger partial charge is 0.259 e. The van der Waals surface area contributed by atoms with Crippen molar-refractivity contribution in [3.05, 3.63) is 70.7 Å². The van der Waals surface area contributed by atoms with Gasteiger partial charge in [-0.3, -0.25) is 4.79 Å². The average molecular weight is 356 g/mol. The Hall–Kier alpha value is -2.33. The number of fused-ring (bicyclic) bond motifs is 1. The zero-order chi connectivity index (χ0) is 15.5. The highest BCUT2D eigenvalue weighted by Gasteiger charge is 2.14. The van der Waals surface area contributed by atoms with Crippen LogP contribution in [-0.2, 0) is 0 Å². The second-order valence-electron chi connectivity index (χ2n) is 4.83. The predicted molar refractivity (Wildman–Crippen MR) is 92.6 cm³/mol. The second-order valence-corrected chi connectivity index (χ2v) is 5.69. The molecule has 1 amide bonds. The molecular weight excluding hydrogens is 342 g/mol. The van der Waals surface area contributed by atoms with Crippen molar-refractivity contribution in [1.29, 1.82) is 0 Å². The molecule has 0 heterocycles. The monoisotopic (exact) mass is 355 g/mol. The lowest BCUT2D eigenvalue weighted by Crippen LogP contribution is -2.13. The van der Waals surface area contributed by atoms with Gasteiger partial charge in [0.15, 0.2) is 0 Å². The fourth-order valence-corrected chi connectivity index (χ4v) is 2.70. The molecule has 0 fully saturated rings. The first-order valence-electron chi connectivity index (χ1n) is 6.81. The van der Waals surface area contributed by atoms with Gasteiger partial charge in [-0.1, -0.05) is 36.4 Å². The lowest BCUT2D eigenvalue weighted by molar-refractivity contribution is 0.102. The standard InChI is InChI=1S/C18H14BrNO2/c1-22-17-11-13-7-3-2-6-12(13)10-14(17)18(21)20-16-9-5-4-8-15(16)19/h2-11H,1H3,(H,20,21). The molecule has 3 aromatic rings. The number of hydrogen-bond donors (Lipinski definition) is 1. The molecular formula is C18H14BrNO2.